The maximum atomic E-state index is 10.8. The van der Waals surface area contributed by atoms with Gasteiger partial charge in [-0.2, -0.15) is 0 Å². The fourth-order valence-corrected chi connectivity index (χ4v) is 0.649. The average Bonchev–Trinajstić information content (AvgIpc) is 1.64. The molecule has 0 aliphatic carbocycles. The van der Waals surface area contributed by atoms with E-state index in [2.05, 4.69) is 0 Å². The van der Waals surface area contributed by atoms with Crippen molar-refractivity contribution in [3.63, 3.8) is 0 Å². The molecule has 54 valence electrons. The second-order valence-electron chi connectivity index (χ2n) is 2.33. The van der Waals surface area contributed by atoms with Crippen LogP contribution in [-0.2, 0) is 4.79 Å². The summed E-state index contributed by atoms with van der Waals surface area (Å²) in [5.74, 6) is 0.355. The molecule has 0 aliphatic rings. The third-order valence-corrected chi connectivity index (χ3v) is 1.38. The van der Waals surface area contributed by atoms with Gasteiger partial charge in [-0.3, -0.25) is 4.79 Å². The SMILES string of the molecule is CC(C)(Cl)C(=O)CCCl. The summed E-state index contributed by atoms with van der Waals surface area (Å²) in [7, 11) is 0. The lowest BCUT2D eigenvalue weighted by Gasteiger charge is -2.11. The Morgan fingerprint density at radius 2 is 2.00 bits per heavy atom. The van der Waals surface area contributed by atoms with E-state index in [0.29, 0.717) is 12.3 Å². The van der Waals surface area contributed by atoms with E-state index in [1.807, 2.05) is 0 Å². The first-order valence-corrected chi connectivity index (χ1v) is 3.68. The highest BCUT2D eigenvalue weighted by Gasteiger charge is 2.22. The predicted molar refractivity (Wildman–Crippen MR) is 40.3 cm³/mol. The lowest BCUT2D eigenvalue weighted by atomic mass is 10.1. The van der Waals surface area contributed by atoms with Crippen molar-refractivity contribution in [3.05, 3.63) is 0 Å². The van der Waals surface area contributed by atoms with E-state index in [1.54, 1.807) is 13.8 Å². The number of alkyl halides is 2. The van der Waals surface area contributed by atoms with Crippen molar-refractivity contribution in [1.29, 1.82) is 0 Å². The van der Waals surface area contributed by atoms with Crippen molar-refractivity contribution in [3.8, 4) is 0 Å². The number of Topliss-reactive ketones (excluding diaryl/α,β-unsaturated/α-hetero) is 1. The van der Waals surface area contributed by atoms with Gasteiger partial charge in [0.2, 0.25) is 0 Å². The van der Waals surface area contributed by atoms with Crippen LogP contribution in [0.15, 0.2) is 0 Å². The van der Waals surface area contributed by atoms with E-state index in [9.17, 15) is 4.79 Å². The normalized spacial score (nSPS) is 11.6. The van der Waals surface area contributed by atoms with Crippen LogP contribution in [0.25, 0.3) is 0 Å². The van der Waals surface area contributed by atoms with Gasteiger partial charge in [0, 0.05) is 12.3 Å². The summed E-state index contributed by atoms with van der Waals surface area (Å²) in [4.78, 5) is 10.1. The van der Waals surface area contributed by atoms with Crippen molar-refractivity contribution in [1.82, 2.24) is 0 Å². The quantitative estimate of drug-likeness (QED) is 0.592. The number of hydrogen-bond donors (Lipinski definition) is 0. The van der Waals surface area contributed by atoms with Crippen LogP contribution in [0.2, 0.25) is 0 Å². The Hall–Kier alpha value is 0.250. The molecule has 0 rings (SSSR count). The van der Waals surface area contributed by atoms with Gasteiger partial charge in [0.1, 0.15) is 0 Å². The Balaban J connectivity index is 3.74. The van der Waals surface area contributed by atoms with E-state index < -0.39 is 4.87 Å². The summed E-state index contributed by atoms with van der Waals surface area (Å²) in [6.07, 6.45) is 0.359. The van der Waals surface area contributed by atoms with Crippen molar-refractivity contribution >= 4 is 29.0 Å². The van der Waals surface area contributed by atoms with Crippen LogP contribution in [0, 0.1) is 0 Å². The molecular weight excluding hydrogens is 159 g/mol. The highest BCUT2D eigenvalue weighted by molar-refractivity contribution is 6.35. The molecule has 1 nitrogen and oxygen atoms in total. The summed E-state index contributed by atoms with van der Waals surface area (Å²) < 4.78 is 0. The van der Waals surface area contributed by atoms with Gasteiger partial charge >= 0.3 is 0 Å². The van der Waals surface area contributed by atoms with Crippen molar-refractivity contribution < 1.29 is 4.79 Å². The summed E-state index contributed by atoms with van der Waals surface area (Å²) in [5, 5.41) is 0. The largest absolute Gasteiger partial charge is 0.298 e. The average molecular weight is 169 g/mol. The van der Waals surface area contributed by atoms with Gasteiger partial charge in [-0.15, -0.1) is 23.2 Å². The fraction of sp³-hybridized carbons (Fsp3) is 0.833. The zero-order valence-electron chi connectivity index (χ0n) is 5.58. The van der Waals surface area contributed by atoms with Gasteiger partial charge in [-0.1, -0.05) is 0 Å². The maximum absolute atomic E-state index is 10.8. The molecule has 0 amide bonds. The molecule has 0 aromatic carbocycles. The third kappa shape index (κ3) is 3.77. The van der Waals surface area contributed by atoms with Crippen molar-refractivity contribution in [2.24, 2.45) is 0 Å². The first-order valence-electron chi connectivity index (χ1n) is 2.76. The fourth-order valence-electron chi connectivity index (χ4n) is 0.383. The second kappa shape index (κ2) is 3.43. The first kappa shape index (κ1) is 9.25. The molecule has 3 heteroatoms. The Bertz CT molecular complexity index is 104. The Kier molecular flexibility index (Phi) is 3.52. The molecule has 0 heterocycles. The molecule has 0 aromatic rings. The molecule has 0 atom stereocenters. The molecule has 0 bridgehead atoms. The van der Waals surface area contributed by atoms with E-state index in [-0.39, 0.29) is 5.78 Å². The predicted octanol–water partition coefficient (Wildman–Crippen LogP) is 2.20. The lowest BCUT2D eigenvalue weighted by molar-refractivity contribution is -0.120. The molecule has 0 aliphatic heterocycles. The minimum absolute atomic E-state index is 0.000772. The molecule has 9 heavy (non-hydrogen) atoms. The minimum atomic E-state index is -0.741. The van der Waals surface area contributed by atoms with E-state index in [0.717, 1.165) is 0 Å². The minimum Gasteiger partial charge on any atom is -0.298 e. The van der Waals surface area contributed by atoms with E-state index in [4.69, 9.17) is 23.2 Å². The summed E-state index contributed by atoms with van der Waals surface area (Å²) in [6, 6.07) is 0. The van der Waals surface area contributed by atoms with E-state index in [1.165, 1.54) is 0 Å². The number of carbonyl (C=O) groups is 1. The van der Waals surface area contributed by atoms with Gasteiger partial charge < -0.3 is 0 Å². The smallest absolute Gasteiger partial charge is 0.154 e. The zero-order valence-corrected chi connectivity index (χ0v) is 7.09. The van der Waals surface area contributed by atoms with Gasteiger partial charge in [0.05, 0.1) is 4.87 Å². The summed E-state index contributed by atoms with van der Waals surface area (Å²) in [5.41, 5.74) is 0. The number of ketones is 1. The molecule has 0 aromatic heterocycles. The molecule has 0 spiro atoms. The highest BCUT2D eigenvalue weighted by Crippen LogP contribution is 2.15. The van der Waals surface area contributed by atoms with Crippen molar-refractivity contribution in [2.75, 3.05) is 5.88 Å². The van der Waals surface area contributed by atoms with Gasteiger partial charge in [0.25, 0.3) is 0 Å². The Labute approximate surface area is 65.3 Å². The zero-order chi connectivity index (χ0) is 7.49. The summed E-state index contributed by atoms with van der Waals surface area (Å²) in [6.45, 7) is 3.34. The molecular formula is C6H10Cl2O. The van der Waals surface area contributed by atoms with Gasteiger partial charge in [-0.25, -0.2) is 0 Å². The number of halogens is 2. The Morgan fingerprint density at radius 1 is 1.56 bits per heavy atom. The molecule has 0 saturated carbocycles. The maximum Gasteiger partial charge on any atom is 0.154 e. The van der Waals surface area contributed by atoms with Crippen LogP contribution >= 0.6 is 23.2 Å². The molecule has 0 unspecified atom stereocenters. The Morgan fingerprint density at radius 3 is 2.11 bits per heavy atom. The molecule has 0 radical (unpaired) electrons. The van der Waals surface area contributed by atoms with Crippen LogP contribution < -0.4 is 0 Å². The van der Waals surface area contributed by atoms with Crippen molar-refractivity contribution in [2.45, 2.75) is 25.1 Å². The lowest BCUT2D eigenvalue weighted by Crippen LogP contribution is -2.24. The van der Waals surface area contributed by atoms with E-state index >= 15 is 0 Å². The second-order valence-corrected chi connectivity index (χ2v) is 3.66. The molecule has 0 saturated heterocycles. The highest BCUT2D eigenvalue weighted by atomic mass is 35.5. The number of hydrogen-bond acceptors (Lipinski definition) is 1. The van der Waals surface area contributed by atoms with Gasteiger partial charge in [-0.05, 0) is 13.8 Å². The van der Waals surface area contributed by atoms with Gasteiger partial charge in [0.15, 0.2) is 5.78 Å². The first-order chi connectivity index (χ1) is 3.98. The molecule has 0 fully saturated rings. The van der Waals surface area contributed by atoms with Crippen LogP contribution in [0.3, 0.4) is 0 Å². The third-order valence-electron chi connectivity index (χ3n) is 0.985. The van der Waals surface area contributed by atoms with Crippen LogP contribution in [0.5, 0.6) is 0 Å². The number of carbonyl (C=O) groups excluding carboxylic acids is 1. The standard InChI is InChI=1S/C6H10Cl2O/c1-6(2,8)5(9)3-4-7/h3-4H2,1-2H3. The van der Waals surface area contributed by atoms with Crippen LogP contribution in [-0.4, -0.2) is 16.5 Å². The monoisotopic (exact) mass is 168 g/mol. The van der Waals surface area contributed by atoms with Crippen LogP contribution in [0.1, 0.15) is 20.3 Å². The summed E-state index contributed by atoms with van der Waals surface area (Å²) >= 11 is 11.0. The topological polar surface area (TPSA) is 17.1 Å². The van der Waals surface area contributed by atoms with Crippen LogP contribution in [0.4, 0.5) is 0 Å². The number of rotatable bonds is 3. The molecule has 0 N–H and O–H groups in total.